The van der Waals surface area contributed by atoms with E-state index in [0.29, 0.717) is 0 Å². The zero-order chi connectivity index (χ0) is 32.2. The Bertz CT molecular complexity index is 1510. The Labute approximate surface area is 289 Å². The molecule has 0 aliphatic carbocycles. The van der Waals surface area contributed by atoms with Gasteiger partial charge in [-0.25, -0.2) is 0 Å². The van der Waals surface area contributed by atoms with Gasteiger partial charge in [0, 0.05) is 67.3 Å². The zero-order valence-electron chi connectivity index (χ0n) is 27.7. The summed E-state index contributed by atoms with van der Waals surface area (Å²) in [6, 6.07) is 38.0. The minimum Gasteiger partial charge on any atom is -0.337 e. The van der Waals surface area contributed by atoms with Crippen LogP contribution in [0.4, 0.5) is 22.7 Å². The average Bonchev–Trinajstić information content (AvgIpc) is 3.08. The van der Waals surface area contributed by atoms with Crippen LogP contribution >= 0.6 is 0 Å². The van der Waals surface area contributed by atoms with E-state index < -0.39 is 5.41 Å². The van der Waals surface area contributed by atoms with E-state index >= 15 is 0 Å². The summed E-state index contributed by atoms with van der Waals surface area (Å²) in [5, 5.41) is 0. The Hall–Kier alpha value is -4.05. The van der Waals surface area contributed by atoms with E-state index in [4.69, 9.17) is 0 Å². The van der Waals surface area contributed by atoms with Crippen molar-refractivity contribution >= 4 is 46.5 Å². The maximum absolute atomic E-state index is 11.5. The summed E-state index contributed by atoms with van der Waals surface area (Å²) >= 11 is 0. The molecule has 0 spiro atoms. The van der Waals surface area contributed by atoms with Gasteiger partial charge in [0.05, 0.1) is 0 Å². The van der Waals surface area contributed by atoms with E-state index in [0.717, 1.165) is 25.9 Å². The molecule has 46 heavy (non-hydrogen) atoms. The second-order valence-corrected chi connectivity index (χ2v) is 12.4. The molecule has 2 aliphatic rings. The van der Waals surface area contributed by atoms with Crippen LogP contribution in [0.3, 0.4) is 0 Å². The molecule has 0 saturated heterocycles. The van der Waals surface area contributed by atoms with Crippen molar-refractivity contribution < 1.29 is 29.7 Å². The van der Waals surface area contributed by atoms with Crippen LogP contribution < -0.4 is 9.80 Å². The van der Waals surface area contributed by atoms with Crippen LogP contribution in [0.15, 0.2) is 121 Å². The smallest absolute Gasteiger partial charge is 0.203 e. The van der Waals surface area contributed by atoms with Crippen LogP contribution in [-0.4, -0.2) is 24.7 Å². The number of fused-ring (bicyclic) bond motifs is 2. The van der Waals surface area contributed by atoms with Crippen molar-refractivity contribution in [3.63, 3.8) is 0 Å². The van der Waals surface area contributed by atoms with Gasteiger partial charge in [-0.3, -0.25) is 9.59 Å². The number of rotatable bonds is 6. The van der Waals surface area contributed by atoms with Gasteiger partial charge in [0.15, 0.2) is 0 Å². The number of anilines is 4. The summed E-state index contributed by atoms with van der Waals surface area (Å²) in [6.45, 7) is 11.1. The fourth-order valence-electron chi connectivity index (χ4n) is 5.38. The monoisotopic (exact) mass is 791 g/mol. The number of benzene rings is 4. The van der Waals surface area contributed by atoms with Crippen LogP contribution in [-0.2, 0) is 29.7 Å². The molecule has 4 nitrogen and oxygen atoms in total. The van der Waals surface area contributed by atoms with E-state index in [1.807, 2.05) is 13.8 Å². The summed E-state index contributed by atoms with van der Waals surface area (Å²) in [7, 11) is 0. The normalized spacial score (nSPS) is 13.4. The number of nitrogens with zero attached hydrogens (tertiary/aromatic N) is 2. The van der Waals surface area contributed by atoms with Crippen molar-refractivity contribution in [3.8, 4) is 0 Å². The van der Waals surface area contributed by atoms with Gasteiger partial charge in [-0.2, -0.15) is 0 Å². The topological polar surface area (TPSA) is 40.6 Å². The predicted octanol–water partition coefficient (Wildman–Crippen LogP) is 10.3. The first kappa shape index (κ1) is 36.4. The molecule has 0 saturated carbocycles. The summed E-state index contributed by atoms with van der Waals surface area (Å²) in [6.07, 6.45) is 10.5. The second kappa shape index (κ2) is 17.6. The van der Waals surface area contributed by atoms with Gasteiger partial charge >= 0.3 is 0 Å². The summed E-state index contributed by atoms with van der Waals surface area (Å²) < 4.78 is 0. The van der Waals surface area contributed by atoms with E-state index in [9.17, 15) is 9.59 Å². The van der Waals surface area contributed by atoms with Gasteiger partial charge in [0.2, 0.25) is 11.6 Å². The standard InChI is InChI=1S/2C15H13N.C11H20O2.Ir/c2*1-2-9-14(10-3-1)16-12-6-8-13-7-4-5-11-15(13)16;1-6-7-8(2)9(12)10(13)11(3,4)5;/h2*1-11H,12H2;8H,6-7H2,1-5H3;. The molecule has 6 rings (SSSR count). The van der Waals surface area contributed by atoms with Gasteiger partial charge in [0.1, 0.15) is 0 Å². The third-order valence-corrected chi connectivity index (χ3v) is 7.84. The van der Waals surface area contributed by atoms with Crippen molar-refractivity contribution in [2.45, 2.75) is 47.5 Å². The quantitative estimate of drug-likeness (QED) is 0.183. The van der Waals surface area contributed by atoms with Crippen molar-refractivity contribution in [2.24, 2.45) is 11.3 Å². The van der Waals surface area contributed by atoms with Crippen LogP contribution in [0.5, 0.6) is 0 Å². The Morgan fingerprint density at radius 2 is 1.04 bits per heavy atom. The number of carbonyl (C=O) groups is 2. The van der Waals surface area contributed by atoms with E-state index in [2.05, 4.69) is 143 Å². The van der Waals surface area contributed by atoms with Gasteiger partial charge in [-0.15, -0.1) is 0 Å². The molecule has 2 heterocycles. The molecule has 1 atom stereocenters. The largest absolute Gasteiger partial charge is 0.337 e. The van der Waals surface area contributed by atoms with Crippen LogP contribution in [0.2, 0.25) is 0 Å². The van der Waals surface area contributed by atoms with Gasteiger partial charge < -0.3 is 9.80 Å². The van der Waals surface area contributed by atoms with Crippen LogP contribution in [0.1, 0.15) is 58.6 Å². The zero-order valence-corrected chi connectivity index (χ0v) is 30.0. The maximum atomic E-state index is 11.5. The minimum absolute atomic E-state index is 0. The van der Waals surface area contributed by atoms with E-state index in [1.165, 1.54) is 33.9 Å². The number of carbonyl (C=O) groups excluding carboxylic acids is 2. The maximum Gasteiger partial charge on any atom is 0.203 e. The average molecular weight is 791 g/mol. The van der Waals surface area contributed by atoms with Gasteiger partial charge in [-0.1, -0.05) is 138 Å². The fraction of sp³-hybridized carbons (Fsp3) is 0.268. The first-order chi connectivity index (χ1) is 21.7. The molecule has 2 aliphatic heterocycles. The van der Waals surface area contributed by atoms with Crippen LogP contribution in [0.25, 0.3) is 12.2 Å². The van der Waals surface area contributed by atoms with Crippen molar-refractivity contribution in [1.82, 2.24) is 0 Å². The molecule has 0 amide bonds. The first-order valence-electron chi connectivity index (χ1n) is 16.0. The van der Waals surface area contributed by atoms with Crippen molar-refractivity contribution in [3.05, 3.63) is 132 Å². The number of ketones is 2. The number of hydrogen-bond acceptors (Lipinski definition) is 4. The SMILES string of the molecule is C1=Cc2ccccc2N(c2ccccc2)C1.C1=Cc2ccccc2N(c2ccccc2)C1.CCCC(C)C(=O)C(=O)C(C)(C)C.[Ir]. The molecular weight excluding hydrogens is 745 g/mol. The number of hydrogen-bond donors (Lipinski definition) is 0. The molecule has 4 aromatic carbocycles. The molecular formula is C41H46IrN2O2. The van der Waals surface area contributed by atoms with Crippen molar-refractivity contribution in [1.29, 1.82) is 0 Å². The molecule has 0 fully saturated rings. The van der Waals surface area contributed by atoms with Crippen molar-refractivity contribution in [2.75, 3.05) is 22.9 Å². The number of Topliss-reactive ketones (excluding diaryl/α,β-unsaturated/α-hetero) is 2. The molecule has 241 valence electrons. The summed E-state index contributed by atoms with van der Waals surface area (Å²) in [5.74, 6) is -0.570. The third kappa shape index (κ3) is 9.72. The molecule has 1 unspecified atom stereocenters. The second-order valence-electron chi connectivity index (χ2n) is 12.4. The Kier molecular flexibility index (Phi) is 13.9. The fourth-order valence-corrected chi connectivity index (χ4v) is 5.38. The van der Waals surface area contributed by atoms with Gasteiger partial charge in [0.25, 0.3) is 0 Å². The summed E-state index contributed by atoms with van der Waals surface area (Å²) in [5.41, 5.74) is 7.13. The van der Waals surface area contributed by atoms with E-state index in [1.54, 1.807) is 20.8 Å². The first-order valence-corrected chi connectivity index (χ1v) is 16.0. The van der Waals surface area contributed by atoms with E-state index in [-0.39, 0.29) is 37.6 Å². The molecule has 4 aromatic rings. The third-order valence-electron chi connectivity index (χ3n) is 7.84. The number of para-hydroxylation sites is 4. The Morgan fingerprint density at radius 1 is 0.652 bits per heavy atom. The Balaban J connectivity index is 0.000000188. The predicted molar refractivity (Wildman–Crippen MR) is 191 cm³/mol. The minimum atomic E-state index is -0.529. The molecule has 0 aromatic heterocycles. The molecule has 0 N–H and O–H groups in total. The van der Waals surface area contributed by atoms with Crippen LogP contribution in [0, 0.1) is 11.3 Å². The van der Waals surface area contributed by atoms with Gasteiger partial charge in [-0.05, 0) is 53.9 Å². The summed E-state index contributed by atoms with van der Waals surface area (Å²) in [4.78, 5) is 27.7. The Morgan fingerprint density at radius 3 is 1.43 bits per heavy atom. The molecule has 1 radical (unpaired) electrons. The molecule has 5 heteroatoms. The molecule has 0 bridgehead atoms.